The molecular formula is C15H20ClNO3. The molecule has 0 unspecified atom stereocenters. The summed E-state index contributed by atoms with van der Waals surface area (Å²) in [6, 6.07) is 4.68. The maximum atomic E-state index is 12.2. The zero-order valence-electron chi connectivity index (χ0n) is 11.8. The van der Waals surface area contributed by atoms with Gasteiger partial charge in [-0.25, -0.2) is 4.79 Å². The van der Waals surface area contributed by atoms with Crippen molar-refractivity contribution < 1.29 is 14.7 Å². The molecule has 4 nitrogen and oxygen atoms in total. The quantitative estimate of drug-likeness (QED) is 0.793. The van der Waals surface area contributed by atoms with E-state index in [1.165, 1.54) is 6.07 Å². The van der Waals surface area contributed by atoms with Crippen molar-refractivity contribution in [2.75, 3.05) is 5.32 Å². The molecule has 0 aliphatic heterocycles. The molecule has 20 heavy (non-hydrogen) atoms. The van der Waals surface area contributed by atoms with Crippen LogP contribution in [0.4, 0.5) is 5.69 Å². The number of carboxylic acid groups (broad SMARTS) is 1. The van der Waals surface area contributed by atoms with Crippen LogP contribution < -0.4 is 5.32 Å². The van der Waals surface area contributed by atoms with Gasteiger partial charge < -0.3 is 10.4 Å². The fourth-order valence-corrected chi connectivity index (χ4v) is 2.44. The molecule has 0 spiro atoms. The number of carbonyl (C=O) groups excluding carboxylic acids is 1. The molecule has 1 aromatic rings. The predicted octanol–water partition coefficient (Wildman–Crippen LogP) is 4.19. The van der Waals surface area contributed by atoms with Gasteiger partial charge in [0.25, 0.3) is 0 Å². The van der Waals surface area contributed by atoms with Crippen LogP contribution in [0.1, 0.15) is 49.9 Å². The van der Waals surface area contributed by atoms with E-state index in [1.807, 2.05) is 13.8 Å². The van der Waals surface area contributed by atoms with E-state index < -0.39 is 5.97 Å². The van der Waals surface area contributed by atoms with Crippen molar-refractivity contribution in [3.8, 4) is 0 Å². The molecule has 0 fully saturated rings. The zero-order chi connectivity index (χ0) is 15.1. The third kappa shape index (κ3) is 4.23. The molecule has 0 atom stereocenters. The fourth-order valence-electron chi connectivity index (χ4n) is 2.18. The molecular weight excluding hydrogens is 278 g/mol. The Morgan fingerprint density at radius 3 is 2.35 bits per heavy atom. The van der Waals surface area contributed by atoms with Gasteiger partial charge in [0.05, 0.1) is 10.7 Å². The Kier molecular flexibility index (Phi) is 6.52. The van der Waals surface area contributed by atoms with Gasteiger partial charge in [0.2, 0.25) is 5.91 Å². The van der Waals surface area contributed by atoms with Gasteiger partial charge in [0.1, 0.15) is 5.56 Å². The molecule has 0 bridgehead atoms. The normalized spacial score (nSPS) is 10.6. The minimum Gasteiger partial charge on any atom is -0.478 e. The van der Waals surface area contributed by atoms with E-state index in [0.717, 1.165) is 25.7 Å². The SMILES string of the molecule is CCCC(CCC)C(=O)Nc1cccc(Cl)c1C(=O)O. The minimum absolute atomic E-state index is 0.0609. The Labute approximate surface area is 124 Å². The molecule has 0 saturated heterocycles. The Morgan fingerprint density at radius 1 is 1.25 bits per heavy atom. The van der Waals surface area contributed by atoms with Crippen LogP contribution in [-0.2, 0) is 4.79 Å². The topological polar surface area (TPSA) is 66.4 Å². The van der Waals surface area contributed by atoms with Crippen molar-refractivity contribution >= 4 is 29.2 Å². The van der Waals surface area contributed by atoms with Crippen LogP contribution in [0.25, 0.3) is 0 Å². The van der Waals surface area contributed by atoms with E-state index in [9.17, 15) is 9.59 Å². The number of nitrogens with one attached hydrogen (secondary N) is 1. The Morgan fingerprint density at radius 2 is 1.85 bits per heavy atom. The summed E-state index contributed by atoms with van der Waals surface area (Å²) in [5.74, 6) is -1.38. The number of aromatic carboxylic acids is 1. The van der Waals surface area contributed by atoms with Crippen molar-refractivity contribution in [1.82, 2.24) is 0 Å². The molecule has 0 aliphatic rings. The molecule has 0 radical (unpaired) electrons. The summed E-state index contributed by atoms with van der Waals surface area (Å²) in [7, 11) is 0. The second-order valence-electron chi connectivity index (χ2n) is 4.73. The van der Waals surface area contributed by atoms with Gasteiger partial charge in [0.15, 0.2) is 0 Å². The largest absolute Gasteiger partial charge is 0.478 e. The molecule has 1 rings (SSSR count). The van der Waals surface area contributed by atoms with Gasteiger partial charge in [-0.15, -0.1) is 0 Å². The second-order valence-corrected chi connectivity index (χ2v) is 5.14. The van der Waals surface area contributed by atoms with Crippen LogP contribution >= 0.6 is 11.6 Å². The highest BCUT2D eigenvalue weighted by molar-refractivity contribution is 6.34. The summed E-state index contributed by atoms with van der Waals surface area (Å²) in [6.07, 6.45) is 3.42. The lowest BCUT2D eigenvalue weighted by Crippen LogP contribution is -2.24. The van der Waals surface area contributed by atoms with Crippen LogP contribution in [-0.4, -0.2) is 17.0 Å². The van der Waals surface area contributed by atoms with Gasteiger partial charge >= 0.3 is 5.97 Å². The molecule has 1 amide bonds. The number of benzene rings is 1. The summed E-state index contributed by atoms with van der Waals surface area (Å²) in [4.78, 5) is 23.4. The number of rotatable bonds is 7. The Bertz CT molecular complexity index is 482. The highest BCUT2D eigenvalue weighted by Crippen LogP contribution is 2.25. The van der Waals surface area contributed by atoms with Crippen molar-refractivity contribution in [3.05, 3.63) is 28.8 Å². The lowest BCUT2D eigenvalue weighted by molar-refractivity contribution is -0.120. The molecule has 5 heteroatoms. The Balaban J connectivity index is 2.94. The number of anilines is 1. The predicted molar refractivity (Wildman–Crippen MR) is 80.3 cm³/mol. The van der Waals surface area contributed by atoms with Crippen LogP contribution in [0.2, 0.25) is 5.02 Å². The van der Waals surface area contributed by atoms with Gasteiger partial charge in [-0.1, -0.05) is 44.4 Å². The van der Waals surface area contributed by atoms with Crippen molar-refractivity contribution in [2.24, 2.45) is 5.92 Å². The lowest BCUT2D eigenvalue weighted by atomic mass is 9.97. The summed E-state index contributed by atoms with van der Waals surface area (Å²) in [6.45, 7) is 4.05. The number of carbonyl (C=O) groups is 2. The average molecular weight is 298 g/mol. The number of hydrogen-bond acceptors (Lipinski definition) is 2. The van der Waals surface area contributed by atoms with Gasteiger partial charge in [-0.3, -0.25) is 4.79 Å². The van der Waals surface area contributed by atoms with E-state index in [1.54, 1.807) is 12.1 Å². The molecule has 110 valence electrons. The highest BCUT2D eigenvalue weighted by atomic mass is 35.5. The van der Waals surface area contributed by atoms with Crippen LogP contribution in [0.3, 0.4) is 0 Å². The average Bonchev–Trinajstić information content (AvgIpc) is 2.38. The van der Waals surface area contributed by atoms with Crippen molar-refractivity contribution in [3.63, 3.8) is 0 Å². The number of halogens is 1. The van der Waals surface area contributed by atoms with Crippen LogP contribution in [0.5, 0.6) is 0 Å². The lowest BCUT2D eigenvalue weighted by Gasteiger charge is -2.16. The third-order valence-corrected chi connectivity index (χ3v) is 3.45. The molecule has 0 heterocycles. The van der Waals surface area contributed by atoms with E-state index in [2.05, 4.69) is 5.32 Å². The summed E-state index contributed by atoms with van der Waals surface area (Å²) >= 11 is 5.88. The highest BCUT2D eigenvalue weighted by Gasteiger charge is 2.20. The first-order valence-electron chi connectivity index (χ1n) is 6.83. The van der Waals surface area contributed by atoms with Crippen LogP contribution in [0.15, 0.2) is 18.2 Å². The first kappa shape index (κ1) is 16.5. The molecule has 2 N–H and O–H groups in total. The fraction of sp³-hybridized carbons (Fsp3) is 0.467. The van der Waals surface area contributed by atoms with Gasteiger partial charge in [-0.05, 0) is 25.0 Å². The number of carboxylic acids is 1. The minimum atomic E-state index is -1.14. The molecule has 0 saturated carbocycles. The molecule has 1 aromatic carbocycles. The van der Waals surface area contributed by atoms with E-state index in [0.29, 0.717) is 0 Å². The summed E-state index contributed by atoms with van der Waals surface area (Å²) in [5, 5.41) is 12.0. The van der Waals surface area contributed by atoms with Crippen LogP contribution in [0, 0.1) is 5.92 Å². The van der Waals surface area contributed by atoms with E-state index >= 15 is 0 Å². The molecule has 0 aliphatic carbocycles. The smallest absolute Gasteiger partial charge is 0.339 e. The standard InChI is InChI=1S/C15H20ClNO3/c1-3-6-10(7-4-2)14(18)17-12-9-5-8-11(16)13(12)15(19)20/h5,8-10H,3-4,6-7H2,1-2H3,(H,17,18)(H,19,20). The van der Waals surface area contributed by atoms with Crippen molar-refractivity contribution in [2.45, 2.75) is 39.5 Å². The number of hydrogen-bond donors (Lipinski definition) is 2. The summed E-state index contributed by atoms with van der Waals surface area (Å²) in [5.41, 5.74) is 0.196. The monoisotopic (exact) mass is 297 g/mol. The first-order chi connectivity index (χ1) is 9.51. The van der Waals surface area contributed by atoms with Gasteiger partial charge in [0, 0.05) is 5.92 Å². The second kappa shape index (κ2) is 7.90. The Hall–Kier alpha value is -1.55. The third-order valence-electron chi connectivity index (χ3n) is 3.13. The van der Waals surface area contributed by atoms with E-state index in [-0.39, 0.29) is 28.1 Å². The number of amides is 1. The van der Waals surface area contributed by atoms with Crippen molar-refractivity contribution in [1.29, 1.82) is 0 Å². The van der Waals surface area contributed by atoms with Gasteiger partial charge in [-0.2, -0.15) is 0 Å². The van der Waals surface area contributed by atoms with E-state index in [4.69, 9.17) is 16.7 Å². The summed E-state index contributed by atoms with van der Waals surface area (Å²) < 4.78 is 0. The maximum Gasteiger partial charge on any atom is 0.339 e. The first-order valence-corrected chi connectivity index (χ1v) is 7.21. The maximum absolute atomic E-state index is 12.2. The molecule has 0 aromatic heterocycles. The zero-order valence-corrected chi connectivity index (χ0v) is 12.5.